The summed E-state index contributed by atoms with van der Waals surface area (Å²) in [6.45, 7) is 15.3. The Hall–Kier alpha value is -0.603. The van der Waals surface area contributed by atoms with Gasteiger partial charge in [0.25, 0.3) is 0 Å². The third-order valence-corrected chi connectivity index (χ3v) is 12.0. The van der Waals surface area contributed by atoms with Crippen LogP contribution in [0.25, 0.3) is 0 Å². The molecule has 0 radical (unpaired) electrons. The summed E-state index contributed by atoms with van der Waals surface area (Å²) in [6.07, 6.45) is 9.51. The van der Waals surface area contributed by atoms with Crippen LogP contribution < -0.4 is 0 Å². The number of hydrogen-bond donors (Lipinski definition) is 0. The van der Waals surface area contributed by atoms with Crippen LogP contribution in [0.15, 0.2) is 11.6 Å². The number of ether oxygens (including phenoxy) is 2. The van der Waals surface area contributed by atoms with Gasteiger partial charge in [-0.25, -0.2) is 0 Å². The average Bonchev–Trinajstić information content (AvgIpc) is 3.23. The van der Waals surface area contributed by atoms with Gasteiger partial charge >= 0.3 is 0 Å². The van der Waals surface area contributed by atoms with Crippen molar-refractivity contribution < 1.29 is 13.9 Å². The van der Waals surface area contributed by atoms with Crippen molar-refractivity contribution in [3.63, 3.8) is 0 Å². The summed E-state index contributed by atoms with van der Waals surface area (Å²) in [4.78, 5) is 0. The Kier molecular flexibility index (Phi) is 4.56. The lowest BCUT2D eigenvalue weighted by atomic mass is 9.73. The summed E-state index contributed by atoms with van der Waals surface area (Å²) in [5.74, 6) is 2.77. The molecule has 25 heavy (non-hydrogen) atoms. The molecule has 0 aromatic rings. The summed E-state index contributed by atoms with van der Waals surface area (Å²) in [6, 6.07) is 3.30. The van der Waals surface area contributed by atoms with Crippen LogP contribution in [0.4, 0.5) is 0 Å². The second-order valence-electron chi connectivity index (χ2n) is 8.54. The van der Waals surface area contributed by atoms with Gasteiger partial charge in [-0.05, 0) is 57.0 Å². The molecule has 3 nitrogen and oxygen atoms in total. The highest BCUT2D eigenvalue weighted by Gasteiger charge is 2.76. The lowest BCUT2D eigenvalue weighted by Crippen LogP contribution is -2.56. The maximum absolute atomic E-state index is 7.01. The van der Waals surface area contributed by atoms with Crippen molar-refractivity contribution in [3.05, 3.63) is 11.6 Å². The molecule has 1 aliphatic heterocycles. The highest BCUT2D eigenvalue weighted by molar-refractivity contribution is 6.73. The fraction of sp³-hybridized carbons (Fsp3) is 0.810. The fourth-order valence-electron chi connectivity index (χ4n) is 5.12. The molecule has 1 heterocycles. The minimum absolute atomic E-state index is 0.101. The van der Waals surface area contributed by atoms with E-state index >= 15 is 0 Å². The van der Waals surface area contributed by atoms with Gasteiger partial charge in [0.15, 0.2) is 14.1 Å². The maximum Gasteiger partial charge on any atom is 0.194 e. The number of hydrogen-bond acceptors (Lipinski definition) is 3. The molecule has 5 atom stereocenters. The first-order valence-electron chi connectivity index (χ1n) is 9.91. The molecule has 1 saturated carbocycles. The molecule has 5 unspecified atom stereocenters. The molecule has 0 bridgehead atoms. The monoisotopic (exact) mass is 362 g/mol. The number of fused-ring (bicyclic) bond motifs is 2. The average molecular weight is 363 g/mol. The van der Waals surface area contributed by atoms with Gasteiger partial charge in [-0.15, -0.1) is 6.42 Å². The van der Waals surface area contributed by atoms with Crippen LogP contribution in [0.5, 0.6) is 0 Å². The molecule has 3 rings (SSSR count). The topological polar surface area (TPSA) is 27.7 Å². The van der Waals surface area contributed by atoms with Crippen LogP contribution in [0, 0.1) is 23.7 Å². The van der Waals surface area contributed by atoms with E-state index in [1.165, 1.54) is 0 Å². The van der Waals surface area contributed by atoms with Crippen LogP contribution in [0.2, 0.25) is 18.1 Å². The number of rotatable bonds is 5. The molecule has 3 aliphatic rings. The molecular formula is C21H34O3Si. The van der Waals surface area contributed by atoms with Gasteiger partial charge in [0.1, 0.15) is 5.60 Å². The molecule has 0 aromatic carbocycles. The van der Waals surface area contributed by atoms with Gasteiger partial charge in [0.2, 0.25) is 0 Å². The van der Waals surface area contributed by atoms with Crippen molar-refractivity contribution in [1.82, 2.24) is 0 Å². The highest BCUT2D eigenvalue weighted by Crippen LogP contribution is 2.71. The van der Waals surface area contributed by atoms with E-state index in [1.54, 1.807) is 0 Å². The largest absolute Gasteiger partial charge is 0.397 e. The zero-order chi connectivity index (χ0) is 18.7. The summed E-state index contributed by atoms with van der Waals surface area (Å²) < 4.78 is 19.7. The summed E-state index contributed by atoms with van der Waals surface area (Å²) >= 11 is 0. The Labute approximate surface area is 154 Å². The second kappa shape index (κ2) is 5.95. The quantitative estimate of drug-likeness (QED) is 0.396. The third-order valence-electron chi connectivity index (χ3n) is 7.41. The molecule has 1 saturated heterocycles. The predicted molar refractivity (Wildman–Crippen MR) is 104 cm³/mol. The first-order valence-corrected chi connectivity index (χ1v) is 12.4. The Bertz CT molecular complexity index is 599. The SMILES string of the molecule is C#CC1(O[Si](CC)(CC)CC)C(C)=CC2(OC(C)C(C)O2)C2CC21C. The number of terminal acetylenes is 1. The summed E-state index contributed by atoms with van der Waals surface area (Å²) in [5, 5.41) is 0. The van der Waals surface area contributed by atoms with Crippen molar-refractivity contribution in [2.45, 2.75) is 96.6 Å². The standard InChI is InChI=1S/C21H34O3Si/c1-9-20(24-25(10-2,11-3)12-4)15(5)13-21(18-14-19(18,20)8)22-16(6)17(7)23-21/h1,13,16-18H,10-12,14H2,2-8H3. The van der Waals surface area contributed by atoms with Crippen LogP contribution in [-0.2, 0) is 13.9 Å². The Balaban J connectivity index is 2.04. The summed E-state index contributed by atoms with van der Waals surface area (Å²) in [7, 11) is -1.85. The van der Waals surface area contributed by atoms with Crippen LogP contribution in [0.3, 0.4) is 0 Å². The van der Waals surface area contributed by atoms with Gasteiger partial charge in [0.05, 0.1) is 12.2 Å². The van der Waals surface area contributed by atoms with Crippen LogP contribution in [0.1, 0.15) is 54.9 Å². The molecule has 4 heteroatoms. The lowest BCUT2D eigenvalue weighted by molar-refractivity contribution is -0.169. The van der Waals surface area contributed by atoms with Crippen molar-refractivity contribution in [3.8, 4) is 12.3 Å². The van der Waals surface area contributed by atoms with Gasteiger partial charge < -0.3 is 13.9 Å². The van der Waals surface area contributed by atoms with E-state index in [0.717, 1.165) is 30.1 Å². The van der Waals surface area contributed by atoms with E-state index in [4.69, 9.17) is 20.3 Å². The second-order valence-corrected chi connectivity index (χ2v) is 13.2. The molecule has 0 aromatic heterocycles. The molecule has 2 aliphatic carbocycles. The maximum atomic E-state index is 7.01. The van der Waals surface area contributed by atoms with Crippen LogP contribution in [-0.4, -0.2) is 31.9 Å². The van der Waals surface area contributed by atoms with E-state index < -0.39 is 19.7 Å². The van der Waals surface area contributed by atoms with Crippen molar-refractivity contribution in [1.29, 1.82) is 0 Å². The minimum atomic E-state index is -1.85. The van der Waals surface area contributed by atoms with Crippen molar-refractivity contribution in [2.24, 2.45) is 11.3 Å². The summed E-state index contributed by atoms with van der Waals surface area (Å²) in [5.41, 5.74) is 0.376. The molecule has 1 spiro atoms. The first-order chi connectivity index (χ1) is 11.7. The minimum Gasteiger partial charge on any atom is -0.397 e. The van der Waals surface area contributed by atoms with E-state index in [9.17, 15) is 0 Å². The van der Waals surface area contributed by atoms with Crippen molar-refractivity contribution in [2.75, 3.05) is 0 Å². The van der Waals surface area contributed by atoms with E-state index in [0.29, 0.717) is 0 Å². The molecule has 0 N–H and O–H groups in total. The molecule has 2 fully saturated rings. The molecule has 140 valence electrons. The predicted octanol–water partition coefficient (Wildman–Crippen LogP) is 4.89. The zero-order valence-corrected chi connectivity index (χ0v) is 17.9. The van der Waals surface area contributed by atoms with E-state index in [-0.39, 0.29) is 23.5 Å². The van der Waals surface area contributed by atoms with Gasteiger partial charge in [0, 0.05) is 11.3 Å². The lowest BCUT2D eigenvalue weighted by Gasteiger charge is -2.48. The van der Waals surface area contributed by atoms with E-state index in [2.05, 4.69) is 60.5 Å². The van der Waals surface area contributed by atoms with E-state index in [1.807, 2.05) is 0 Å². The Morgan fingerprint density at radius 2 is 1.72 bits per heavy atom. The van der Waals surface area contributed by atoms with Crippen molar-refractivity contribution >= 4 is 8.32 Å². The smallest absolute Gasteiger partial charge is 0.194 e. The highest BCUT2D eigenvalue weighted by atomic mass is 28.4. The van der Waals surface area contributed by atoms with Gasteiger partial charge in [-0.3, -0.25) is 0 Å². The zero-order valence-electron chi connectivity index (χ0n) is 16.9. The molecule has 0 amide bonds. The normalized spacial score (nSPS) is 45.8. The van der Waals surface area contributed by atoms with Crippen LogP contribution >= 0.6 is 0 Å². The Morgan fingerprint density at radius 3 is 2.16 bits per heavy atom. The van der Waals surface area contributed by atoms with Gasteiger partial charge in [-0.2, -0.15) is 0 Å². The molecular weight excluding hydrogens is 328 g/mol. The third kappa shape index (κ3) is 2.43. The van der Waals surface area contributed by atoms with Gasteiger partial charge in [-0.1, -0.05) is 33.6 Å². The fourth-order valence-corrected chi connectivity index (χ4v) is 8.16. The first kappa shape index (κ1) is 19.2. The Morgan fingerprint density at radius 1 is 1.20 bits per heavy atom.